The summed E-state index contributed by atoms with van der Waals surface area (Å²) in [6, 6.07) is 3.47. The highest BCUT2D eigenvalue weighted by Gasteiger charge is 2.09. The molecular weight excluding hydrogens is 170 g/mol. The van der Waals surface area contributed by atoms with Gasteiger partial charge in [0.15, 0.2) is 5.69 Å². The normalized spacial score (nSPS) is 9.92. The average molecular weight is 181 g/mol. The van der Waals surface area contributed by atoms with Crippen molar-refractivity contribution < 1.29 is 14.6 Å². The number of carboxylic acids is 1. The van der Waals surface area contributed by atoms with E-state index in [4.69, 9.17) is 9.84 Å². The summed E-state index contributed by atoms with van der Waals surface area (Å²) in [5.74, 6) is -0.994. The molecule has 0 aromatic carbocycles. The smallest absolute Gasteiger partial charge is 0.354 e. The first-order valence-corrected chi connectivity index (χ1v) is 3.92. The van der Waals surface area contributed by atoms with Gasteiger partial charge in [-0.1, -0.05) is 6.07 Å². The van der Waals surface area contributed by atoms with Crippen LogP contribution in [0.5, 0.6) is 0 Å². The van der Waals surface area contributed by atoms with Gasteiger partial charge in [-0.3, -0.25) is 0 Å². The number of aromatic nitrogens is 1. The van der Waals surface area contributed by atoms with Gasteiger partial charge >= 0.3 is 5.97 Å². The van der Waals surface area contributed by atoms with E-state index in [2.05, 4.69) is 4.98 Å². The Kier molecular flexibility index (Phi) is 3.40. The zero-order chi connectivity index (χ0) is 9.68. The fourth-order valence-corrected chi connectivity index (χ4v) is 1.04. The molecule has 0 aliphatic carbocycles. The quantitative estimate of drug-likeness (QED) is 0.751. The third-order valence-corrected chi connectivity index (χ3v) is 1.67. The molecule has 1 N–H and O–H groups in total. The topological polar surface area (TPSA) is 59.4 Å². The van der Waals surface area contributed by atoms with Crippen molar-refractivity contribution in [3.8, 4) is 0 Å². The number of nitrogens with zero attached hydrogens (tertiary/aromatic N) is 1. The van der Waals surface area contributed by atoms with Crippen molar-refractivity contribution in [2.75, 3.05) is 13.7 Å². The summed E-state index contributed by atoms with van der Waals surface area (Å²) >= 11 is 0. The maximum atomic E-state index is 10.7. The van der Waals surface area contributed by atoms with Crippen molar-refractivity contribution in [2.24, 2.45) is 0 Å². The third kappa shape index (κ3) is 2.52. The van der Waals surface area contributed by atoms with Gasteiger partial charge in [-0.2, -0.15) is 0 Å². The van der Waals surface area contributed by atoms with E-state index in [0.717, 1.165) is 0 Å². The Morgan fingerprint density at radius 2 is 2.46 bits per heavy atom. The second-order valence-electron chi connectivity index (χ2n) is 2.56. The molecule has 0 amide bonds. The molecule has 1 rings (SSSR count). The Labute approximate surface area is 76.2 Å². The van der Waals surface area contributed by atoms with Crippen LogP contribution in [0.25, 0.3) is 0 Å². The summed E-state index contributed by atoms with van der Waals surface area (Å²) in [4.78, 5) is 14.5. The van der Waals surface area contributed by atoms with Crippen LogP contribution in [0.2, 0.25) is 0 Å². The largest absolute Gasteiger partial charge is 0.477 e. The molecule has 0 bridgehead atoms. The van der Waals surface area contributed by atoms with Crippen LogP contribution in [-0.4, -0.2) is 29.8 Å². The van der Waals surface area contributed by atoms with Gasteiger partial charge in [0, 0.05) is 13.3 Å². The molecular formula is C9H11NO3. The molecule has 0 fully saturated rings. The Hall–Kier alpha value is -1.42. The van der Waals surface area contributed by atoms with Crippen LogP contribution in [0.15, 0.2) is 18.3 Å². The first-order valence-electron chi connectivity index (χ1n) is 3.92. The molecule has 0 spiro atoms. The van der Waals surface area contributed by atoms with Crippen molar-refractivity contribution >= 4 is 5.97 Å². The van der Waals surface area contributed by atoms with Gasteiger partial charge < -0.3 is 9.84 Å². The maximum absolute atomic E-state index is 10.7. The molecule has 1 aromatic heterocycles. The van der Waals surface area contributed by atoms with Crippen LogP contribution >= 0.6 is 0 Å². The number of pyridine rings is 1. The first kappa shape index (κ1) is 9.67. The van der Waals surface area contributed by atoms with Crippen LogP contribution < -0.4 is 0 Å². The van der Waals surface area contributed by atoms with Crippen molar-refractivity contribution in [1.29, 1.82) is 0 Å². The molecule has 4 heteroatoms. The van der Waals surface area contributed by atoms with Gasteiger partial charge in [0.05, 0.1) is 6.61 Å². The Morgan fingerprint density at radius 1 is 1.69 bits per heavy atom. The van der Waals surface area contributed by atoms with E-state index in [1.807, 2.05) is 0 Å². The first-order chi connectivity index (χ1) is 6.25. The summed E-state index contributed by atoms with van der Waals surface area (Å²) in [6.07, 6.45) is 2.05. The molecule has 0 saturated heterocycles. The molecule has 0 atom stereocenters. The van der Waals surface area contributed by atoms with Crippen molar-refractivity contribution in [2.45, 2.75) is 6.42 Å². The highest BCUT2D eigenvalue weighted by Crippen LogP contribution is 2.05. The number of rotatable bonds is 4. The minimum atomic E-state index is -0.994. The van der Waals surface area contributed by atoms with E-state index in [1.54, 1.807) is 19.2 Å². The van der Waals surface area contributed by atoms with Crippen molar-refractivity contribution in [3.05, 3.63) is 29.6 Å². The van der Waals surface area contributed by atoms with Crippen molar-refractivity contribution in [1.82, 2.24) is 4.98 Å². The van der Waals surface area contributed by atoms with Gasteiger partial charge in [0.1, 0.15) is 0 Å². The van der Waals surface area contributed by atoms with Crippen LogP contribution in [0.4, 0.5) is 0 Å². The predicted octanol–water partition coefficient (Wildman–Crippen LogP) is 0.969. The molecule has 0 unspecified atom stereocenters. The standard InChI is InChI=1S/C9H11NO3/c1-13-6-4-7-3-2-5-10-8(7)9(11)12/h2-3,5H,4,6H2,1H3,(H,11,12). The number of hydrogen-bond donors (Lipinski definition) is 1. The Morgan fingerprint density at radius 3 is 3.08 bits per heavy atom. The van der Waals surface area contributed by atoms with E-state index >= 15 is 0 Å². The minimum Gasteiger partial charge on any atom is -0.477 e. The van der Waals surface area contributed by atoms with E-state index in [1.165, 1.54) is 6.20 Å². The predicted molar refractivity (Wildman–Crippen MR) is 46.8 cm³/mol. The third-order valence-electron chi connectivity index (χ3n) is 1.67. The van der Waals surface area contributed by atoms with Crippen LogP contribution in [0.3, 0.4) is 0 Å². The molecule has 0 aliphatic heterocycles. The summed E-state index contributed by atoms with van der Waals surface area (Å²) in [7, 11) is 1.58. The van der Waals surface area contributed by atoms with Crippen LogP contribution in [-0.2, 0) is 11.2 Å². The zero-order valence-electron chi connectivity index (χ0n) is 7.36. The number of carboxylic acid groups (broad SMARTS) is 1. The SMILES string of the molecule is COCCc1cccnc1C(=O)O. The molecule has 0 saturated carbocycles. The zero-order valence-corrected chi connectivity index (χ0v) is 7.36. The second-order valence-corrected chi connectivity index (χ2v) is 2.56. The molecule has 70 valence electrons. The fourth-order valence-electron chi connectivity index (χ4n) is 1.04. The summed E-state index contributed by atoms with van der Waals surface area (Å²) in [6.45, 7) is 0.506. The lowest BCUT2D eigenvalue weighted by atomic mass is 10.1. The van der Waals surface area contributed by atoms with E-state index < -0.39 is 5.97 Å². The summed E-state index contributed by atoms with van der Waals surface area (Å²) in [5.41, 5.74) is 0.816. The number of ether oxygens (including phenoxy) is 1. The molecule has 1 aromatic rings. The maximum Gasteiger partial charge on any atom is 0.354 e. The second kappa shape index (κ2) is 4.57. The molecule has 13 heavy (non-hydrogen) atoms. The minimum absolute atomic E-state index is 0.111. The fraction of sp³-hybridized carbons (Fsp3) is 0.333. The lowest BCUT2D eigenvalue weighted by molar-refractivity contribution is 0.0688. The van der Waals surface area contributed by atoms with E-state index in [-0.39, 0.29) is 5.69 Å². The van der Waals surface area contributed by atoms with Gasteiger partial charge in [-0.05, 0) is 18.1 Å². The number of hydrogen-bond acceptors (Lipinski definition) is 3. The van der Waals surface area contributed by atoms with Crippen LogP contribution in [0, 0.1) is 0 Å². The Balaban J connectivity index is 2.84. The average Bonchev–Trinajstić information content (AvgIpc) is 2.15. The lowest BCUT2D eigenvalue weighted by Crippen LogP contribution is -2.07. The van der Waals surface area contributed by atoms with Gasteiger partial charge in [-0.15, -0.1) is 0 Å². The van der Waals surface area contributed by atoms with Crippen LogP contribution in [0.1, 0.15) is 16.1 Å². The number of methoxy groups -OCH3 is 1. The lowest BCUT2D eigenvalue weighted by Gasteiger charge is -2.02. The number of carbonyl (C=O) groups is 1. The molecule has 0 aliphatic rings. The monoisotopic (exact) mass is 181 g/mol. The van der Waals surface area contributed by atoms with E-state index in [0.29, 0.717) is 18.6 Å². The van der Waals surface area contributed by atoms with E-state index in [9.17, 15) is 4.79 Å². The summed E-state index contributed by atoms with van der Waals surface area (Å²) in [5, 5.41) is 8.76. The van der Waals surface area contributed by atoms with Gasteiger partial charge in [0.2, 0.25) is 0 Å². The Bertz CT molecular complexity index is 299. The highest BCUT2D eigenvalue weighted by molar-refractivity contribution is 5.86. The van der Waals surface area contributed by atoms with Gasteiger partial charge in [-0.25, -0.2) is 9.78 Å². The molecule has 4 nitrogen and oxygen atoms in total. The molecule has 1 heterocycles. The molecule has 0 radical (unpaired) electrons. The highest BCUT2D eigenvalue weighted by atomic mass is 16.5. The summed E-state index contributed by atoms with van der Waals surface area (Å²) < 4.78 is 4.86. The van der Waals surface area contributed by atoms with Gasteiger partial charge in [0.25, 0.3) is 0 Å². The number of aromatic carboxylic acids is 1. The van der Waals surface area contributed by atoms with Crippen molar-refractivity contribution in [3.63, 3.8) is 0 Å².